The van der Waals surface area contributed by atoms with Crippen LogP contribution in [0.25, 0.3) is 11.3 Å². The van der Waals surface area contributed by atoms with Crippen molar-refractivity contribution >= 4 is 27.7 Å². The highest BCUT2D eigenvalue weighted by Gasteiger charge is 2.09. The Balaban J connectivity index is 1.85. The van der Waals surface area contributed by atoms with Crippen LogP contribution in [-0.4, -0.2) is 32.7 Å². The van der Waals surface area contributed by atoms with E-state index in [-0.39, 0.29) is 12.6 Å². The maximum absolute atomic E-state index is 9.28. The summed E-state index contributed by atoms with van der Waals surface area (Å²) in [4.78, 5) is 13.1. The zero-order valence-electron chi connectivity index (χ0n) is 14.4. The number of aliphatic hydroxyl groups is 1. The van der Waals surface area contributed by atoms with E-state index in [4.69, 9.17) is 0 Å². The molecule has 0 spiro atoms. The maximum atomic E-state index is 9.28. The molecule has 6 nitrogen and oxygen atoms in total. The number of pyridine rings is 1. The molecule has 26 heavy (non-hydrogen) atoms. The summed E-state index contributed by atoms with van der Waals surface area (Å²) in [7, 11) is 0. The predicted molar refractivity (Wildman–Crippen MR) is 107 cm³/mol. The van der Waals surface area contributed by atoms with Gasteiger partial charge in [-0.3, -0.25) is 4.98 Å². The molecule has 0 fully saturated rings. The first kappa shape index (κ1) is 18.3. The van der Waals surface area contributed by atoms with Crippen molar-refractivity contribution in [2.75, 3.05) is 17.2 Å². The molecule has 0 unspecified atom stereocenters. The van der Waals surface area contributed by atoms with Gasteiger partial charge in [-0.1, -0.05) is 28.1 Å². The fourth-order valence-electron chi connectivity index (χ4n) is 2.33. The summed E-state index contributed by atoms with van der Waals surface area (Å²) >= 11 is 3.44. The van der Waals surface area contributed by atoms with Crippen molar-refractivity contribution in [1.82, 2.24) is 15.0 Å². The number of nitrogens with one attached hydrogen (secondary N) is 2. The van der Waals surface area contributed by atoms with Crippen molar-refractivity contribution in [3.05, 3.63) is 64.9 Å². The average molecular weight is 414 g/mol. The minimum absolute atomic E-state index is 0.00446. The Morgan fingerprint density at radius 2 is 1.81 bits per heavy atom. The molecule has 1 atom stereocenters. The van der Waals surface area contributed by atoms with E-state index in [1.807, 2.05) is 37.3 Å². The summed E-state index contributed by atoms with van der Waals surface area (Å²) in [6.07, 6.45) is 3.46. The Labute approximate surface area is 160 Å². The van der Waals surface area contributed by atoms with Gasteiger partial charge in [-0.05, 0) is 36.8 Å². The van der Waals surface area contributed by atoms with Crippen LogP contribution >= 0.6 is 15.9 Å². The Bertz CT molecular complexity index is 842. The Morgan fingerprint density at radius 1 is 1.08 bits per heavy atom. The number of hydrogen-bond acceptors (Lipinski definition) is 6. The minimum atomic E-state index is -0.137. The normalized spacial score (nSPS) is 11.8. The van der Waals surface area contributed by atoms with E-state index in [2.05, 4.69) is 53.6 Å². The molecule has 0 saturated heterocycles. The molecule has 134 valence electrons. The van der Waals surface area contributed by atoms with Gasteiger partial charge in [0, 0.05) is 41.1 Å². The van der Waals surface area contributed by atoms with Gasteiger partial charge >= 0.3 is 0 Å². The summed E-state index contributed by atoms with van der Waals surface area (Å²) in [6, 6.07) is 13.7. The molecule has 3 rings (SSSR count). The highest BCUT2D eigenvalue weighted by molar-refractivity contribution is 9.10. The van der Waals surface area contributed by atoms with Crippen molar-refractivity contribution in [2.45, 2.75) is 19.5 Å². The van der Waals surface area contributed by atoms with Crippen LogP contribution in [0.4, 0.5) is 11.8 Å². The fraction of sp³-hybridized carbons (Fsp3) is 0.211. The molecule has 3 N–H and O–H groups in total. The third kappa shape index (κ3) is 5.00. The molecule has 0 aliphatic heterocycles. The van der Waals surface area contributed by atoms with Crippen molar-refractivity contribution in [3.63, 3.8) is 0 Å². The first-order valence-electron chi connectivity index (χ1n) is 8.29. The molecule has 0 aliphatic carbocycles. The second kappa shape index (κ2) is 8.73. The highest BCUT2D eigenvalue weighted by Crippen LogP contribution is 2.22. The molecule has 2 heterocycles. The van der Waals surface area contributed by atoms with Gasteiger partial charge < -0.3 is 15.7 Å². The van der Waals surface area contributed by atoms with Crippen LogP contribution in [-0.2, 0) is 6.54 Å². The molecule has 0 saturated carbocycles. The summed E-state index contributed by atoms with van der Waals surface area (Å²) in [5.41, 5.74) is 2.89. The molecule has 0 radical (unpaired) electrons. The number of rotatable bonds is 7. The lowest BCUT2D eigenvalue weighted by Crippen LogP contribution is -2.21. The van der Waals surface area contributed by atoms with E-state index >= 15 is 0 Å². The van der Waals surface area contributed by atoms with Gasteiger partial charge in [0.05, 0.1) is 12.3 Å². The van der Waals surface area contributed by atoms with Crippen LogP contribution in [0.2, 0.25) is 0 Å². The number of benzene rings is 1. The van der Waals surface area contributed by atoms with Crippen LogP contribution in [0.3, 0.4) is 0 Å². The summed E-state index contributed by atoms with van der Waals surface area (Å²) in [6.45, 7) is 2.52. The predicted octanol–water partition coefficient (Wildman–Crippen LogP) is 3.71. The Kier molecular flexibility index (Phi) is 6.14. The lowest BCUT2D eigenvalue weighted by molar-refractivity contribution is 0.281. The van der Waals surface area contributed by atoms with Gasteiger partial charge in [-0.25, -0.2) is 4.98 Å². The lowest BCUT2D eigenvalue weighted by atomic mass is 10.2. The third-order valence-electron chi connectivity index (χ3n) is 3.74. The fourth-order valence-corrected chi connectivity index (χ4v) is 2.60. The van der Waals surface area contributed by atoms with E-state index < -0.39 is 0 Å². The average Bonchev–Trinajstić information content (AvgIpc) is 2.68. The topological polar surface area (TPSA) is 83.0 Å². The number of aliphatic hydroxyl groups excluding tert-OH is 1. The van der Waals surface area contributed by atoms with Gasteiger partial charge in [0.15, 0.2) is 0 Å². The monoisotopic (exact) mass is 413 g/mol. The van der Waals surface area contributed by atoms with E-state index in [9.17, 15) is 5.11 Å². The Hall–Kier alpha value is -2.51. The van der Waals surface area contributed by atoms with Gasteiger partial charge in [-0.2, -0.15) is 4.98 Å². The molecule has 3 aromatic rings. The minimum Gasteiger partial charge on any atom is -0.394 e. The summed E-state index contributed by atoms with van der Waals surface area (Å²) in [5.74, 6) is 1.18. The molecule has 1 aromatic carbocycles. The third-order valence-corrected chi connectivity index (χ3v) is 4.27. The number of anilines is 2. The van der Waals surface area contributed by atoms with Crippen LogP contribution in [0.15, 0.2) is 59.3 Å². The molecule has 0 amide bonds. The van der Waals surface area contributed by atoms with Crippen molar-refractivity contribution < 1.29 is 5.11 Å². The van der Waals surface area contributed by atoms with E-state index in [0.29, 0.717) is 18.3 Å². The van der Waals surface area contributed by atoms with Crippen LogP contribution in [0.5, 0.6) is 0 Å². The van der Waals surface area contributed by atoms with E-state index in [0.717, 1.165) is 21.3 Å². The van der Waals surface area contributed by atoms with Gasteiger partial charge in [-0.15, -0.1) is 0 Å². The second-order valence-corrected chi connectivity index (χ2v) is 6.82. The van der Waals surface area contributed by atoms with Gasteiger partial charge in [0.2, 0.25) is 5.95 Å². The smallest absolute Gasteiger partial charge is 0.225 e. The molecule has 0 aliphatic rings. The van der Waals surface area contributed by atoms with Crippen LogP contribution in [0.1, 0.15) is 12.5 Å². The zero-order valence-corrected chi connectivity index (χ0v) is 15.9. The first-order chi connectivity index (χ1) is 12.6. The van der Waals surface area contributed by atoms with Crippen molar-refractivity contribution in [1.29, 1.82) is 0 Å². The molecular weight excluding hydrogens is 394 g/mol. The number of hydrogen-bond donors (Lipinski definition) is 3. The number of nitrogens with zero attached hydrogens (tertiary/aromatic N) is 3. The zero-order chi connectivity index (χ0) is 18.4. The maximum Gasteiger partial charge on any atom is 0.225 e. The molecule has 0 bridgehead atoms. The van der Waals surface area contributed by atoms with Gasteiger partial charge in [0.25, 0.3) is 0 Å². The van der Waals surface area contributed by atoms with Crippen molar-refractivity contribution in [2.24, 2.45) is 0 Å². The lowest BCUT2D eigenvalue weighted by Gasteiger charge is -2.14. The number of aromatic nitrogens is 3. The van der Waals surface area contributed by atoms with Crippen LogP contribution in [0, 0.1) is 0 Å². The molecule has 7 heteroatoms. The quantitative estimate of drug-likeness (QED) is 0.547. The second-order valence-electron chi connectivity index (χ2n) is 5.91. The van der Waals surface area contributed by atoms with Crippen LogP contribution < -0.4 is 10.6 Å². The molecular formula is C19H20BrN5O. The standard InChI is InChI=1S/C19H20BrN5O/c1-13(12-26)23-19-24-17(15-6-8-21-9-7-15)10-18(25-19)22-11-14-2-4-16(20)5-3-14/h2-10,13,26H,11-12H2,1H3,(H2,22,23,24,25)/t13-/m1/s1. The SMILES string of the molecule is C[C@H](CO)Nc1nc(NCc2ccc(Br)cc2)cc(-c2ccncc2)n1. The van der Waals surface area contributed by atoms with E-state index in [1.54, 1.807) is 12.4 Å². The number of halogens is 1. The largest absolute Gasteiger partial charge is 0.394 e. The van der Waals surface area contributed by atoms with Gasteiger partial charge in [0.1, 0.15) is 5.82 Å². The van der Waals surface area contributed by atoms with E-state index in [1.165, 1.54) is 0 Å². The Morgan fingerprint density at radius 3 is 2.50 bits per heavy atom. The summed E-state index contributed by atoms with van der Waals surface area (Å²) < 4.78 is 1.05. The molecule has 2 aromatic heterocycles. The highest BCUT2D eigenvalue weighted by atomic mass is 79.9. The summed E-state index contributed by atoms with van der Waals surface area (Å²) in [5, 5.41) is 15.7. The van der Waals surface area contributed by atoms with Crippen molar-refractivity contribution in [3.8, 4) is 11.3 Å². The first-order valence-corrected chi connectivity index (χ1v) is 9.08.